The van der Waals surface area contributed by atoms with E-state index in [4.69, 9.17) is 23.2 Å². The number of nitrogens with zero attached hydrogens (tertiary/aromatic N) is 1. The molecule has 1 saturated heterocycles. The Labute approximate surface area is 157 Å². The van der Waals surface area contributed by atoms with Crippen molar-refractivity contribution in [2.45, 2.75) is 22.1 Å². The van der Waals surface area contributed by atoms with Gasteiger partial charge in [-0.05, 0) is 29.7 Å². The first kappa shape index (κ1) is 17.5. The van der Waals surface area contributed by atoms with Crippen LogP contribution in [0, 0.1) is 0 Å². The molecule has 7 heteroatoms. The van der Waals surface area contributed by atoms with Crippen molar-refractivity contribution >= 4 is 50.9 Å². The maximum atomic E-state index is 13.0. The van der Waals surface area contributed by atoms with Crippen molar-refractivity contribution in [1.29, 1.82) is 0 Å². The van der Waals surface area contributed by atoms with Gasteiger partial charge in [0.05, 0.1) is 5.45 Å². The fourth-order valence-electron chi connectivity index (χ4n) is 3.42. The van der Waals surface area contributed by atoms with E-state index >= 15 is 0 Å². The van der Waals surface area contributed by atoms with Crippen molar-refractivity contribution in [2.24, 2.45) is 0 Å². The zero-order valence-electron chi connectivity index (χ0n) is 12.5. The number of fused-ring (bicyclic) bond motifs is 1. The van der Waals surface area contributed by atoms with Gasteiger partial charge in [-0.1, -0.05) is 46.8 Å². The molecule has 3 atom stereocenters. The monoisotopic (exact) mass is 429 g/mol. The van der Waals surface area contributed by atoms with Gasteiger partial charge in [0.2, 0.25) is 0 Å². The van der Waals surface area contributed by atoms with E-state index in [0.717, 1.165) is 10.5 Å². The molecule has 1 heterocycles. The number of benzene rings is 1. The summed E-state index contributed by atoms with van der Waals surface area (Å²) in [5.74, 6) is -1.60. The molecule has 3 rings (SSSR count). The number of likely N-dealkylation sites (tertiary alicyclic amines) is 1. The molecule has 1 aliphatic heterocycles. The second-order valence-electron chi connectivity index (χ2n) is 5.81. The lowest BCUT2D eigenvalue weighted by molar-refractivity contribution is -0.138. The molecule has 1 fully saturated rings. The number of amides is 2. The normalized spacial score (nSPS) is 32.5. The quantitative estimate of drug-likeness (QED) is 0.452. The predicted octanol–water partition coefficient (Wildman–Crippen LogP) is 3.67. The van der Waals surface area contributed by atoms with E-state index in [-0.39, 0.29) is 17.6 Å². The summed E-state index contributed by atoms with van der Waals surface area (Å²) < 4.78 is 0. The number of phenolic OH excluding ortho intramolecular Hbond substituents is 1. The molecular weight excluding hydrogens is 417 g/mol. The number of carbonyl (C=O) groups excluding carboxylic acids is 2. The third-order valence-electron chi connectivity index (χ3n) is 4.65. The van der Waals surface area contributed by atoms with E-state index in [1.165, 1.54) is 12.1 Å². The van der Waals surface area contributed by atoms with Gasteiger partial charge in [0.1, 0.15) is 5.75 Å². The third kappa shape index (κ3) is 2.11. The van der Waals surface area contributed by atoms with Gasteiger partial charge in [0, 0.05) is 5.92 Å². The summed E-state index contributed by atoms with van der Waals surface area (Å²) >= 11 is 16.6. The Kier molecular flexibility index (Phi) is 4.31. The van der Waals surface area contributed by atoms with Gasteiger partial charge in [-0.25, -0.2) is 0 Å². The molecule has 1 aromatic carbocycles. The molecular formula is C17H14BrCl2NO3. The van der Waals surface area contributed by atoms with E-state index in [1.807, 2.05) is 0 Å². The number of hydrogen-bond donors (Lipinski definition) is 1. The average Bonchev–Trinajstić information content (AvgIpc) is 2.72. The molecule has 0 aromatic heterocycles. The molecule has 126 valence electrons. The van der Waals surface area contributed by atoms with Crippen LogP contribution < -0.4 is 0 Å². The standard InChI is InChI=1S/C17H14BrCl2NO3/c1-2-10-7-8-16(19)14(23)21(9-18)15(24)17(16,20)13(10)11-3-5-12(22)6-4-11/h2-7,13,22H,1,8-9H2/t13-,16-,17+/m1/s1. The number of carbonyl (C=O) groups is 2. The van der Waals surface area contributed by atoms with Crippen LogP contribution in [0.15, 0.2) is 48.6 Å². The van der Waals surface area contributed by atoms with Crippen LogP contribution in [0.2, 0.25) is 0 Å². The Balaban J connectivity index is 2.24. The minimum atomic E-state index is -1.66. The molecule has 0 radical (unpaired) electrons. The highest BCUT2D eigenvalue weighted by molar-refractivity contribution is 9.09. The fraction of sp³-hybridized carbons (Fsp3) is 0.294. The first-order valence-electron chi connectivity index (χ1n) is 7.23. The fourth-order valence-corrected chi connectivity index (χ4v) is 4.76. The molecule has 2 aliphatic rings. The van der Waals surface area contributed by atoms with Gasteiger partial charge in [-0.3, -0.25) is 14.5 Å². The number of phenols is 1. The van der Waals surface area contributed by atoms with Crippen LogP contribution in [0.3, 0.4) is 0 Å². The summed E-state index contributed by atoms with van der Waals surface area (Å²) in [6, 6.07) is 6.34. The first-order valence-corrected chi connectivity index (χ1v) is 9.10. The zero-order chi connectivity index (χ0) is 17.7. The largest absolute Gasteiger partial charge is 0.508 e. The lowest BCUT2D eigenvalue weighted by Crippen LogP contribution is -2.54. The summed E-state index contributed by atoms with van der Waals surface area (Å²) in [5.41, 5.74) is 1.43. The highest BCUT2D eigenvalue weighted by atomic mass is 79.9. The second-order valence-corrected chi connectivity index (χ2v) is 7.55. The SMILES string of the molecule is C=CC1=CC[C@@]2(Cl)C(=O)N(CBr)C(=O)[C@@]2(Cl)[C@H]1c1ccc(O)cc1. The van der Waals surface area contributed by atoms with Crippen molar-refractivity contribution in [1.82, 2.24) is 4.90 Å². The van der Waals surface area contributed by atoms with Gasteiger partial charge < -0.3 is 5.11 Å². The minimum absolute atomic E-state index is 0.0271. The van der Waals surface area contributed by atoms with Crippen LogP contribution >= 0.6 is 39.1 Å². The Morgan fingerprint density at radius 3 is 2.46 bits per heavy atom. The molecule has 1 aliphatic carbocycles. The highest BCUT2D eigenvalue weighted by Crippen LogP contribution is 2.59. The van der Waals surface area contributed by atoms with Gasteiger partial charge in [0.15, 0.2) is 9.75 Å². The van der Waals surface area contributed by atoms with Crippen LogP contribution in [0.5, 0.6) is 5.75 Å². The van der Waals surface area contributed by atoms with Crippen molar-refractivity contribution in [3.63, 3.8) is 0 Å². The molecule has 2 amide bonds. The zero-order valence-corrected chi connectivity index (χ0v) is 15.6. The Bertz CT molecular complexity index is 764. The van der Waals surface area contributed by atoms with E-state index in [0.29, 0.717) is 5.56 Å². The summed E-state index contributed by atoms with van der Waals surface area (Å²) in [7, 11) is 0. The number of hydrogen-bond acceptors (Lipinski definition) is 3. The molecule has 0 bridgehead atoms. The van der Waals surface area contributed by atoms with Crippen LogP contribution in [-0.4, -0.2) is 37.0 Å². The lowest BCUT2D eigenvalue weighted by atomic mass is 9.68. The van der Waals surface area contributed by atoms with E-state index in [2.05, 4.69) is 22.5 Å². The maximum Gasteiger partial charge on any atom is 0.254 e. The Hall–Kier alpha value is -1.30. The number of rotatable bonds is 3. The van der Waals surface area contributed by atoms with Gasteiger partial charge in [-0.15, -0.1) is 23.2 Å². The predicted molar refractivity (Wildman–Crippen MR) is 96.6 cm³/mol. The van der Waals surface area contributed by atoms with Crippen LogP contribution in [0.1, 0.15) is 17.9 Å². The van der Waals surface area contributed by atoms with Crippen molar-refractivity contribution in [3.8, 4) is 5.75 Å². The van der Waals surface area contributed by atoms with Crippen molar-refractivity contribution < 1.29 is 14.7 Å². The third-order valence-corrected chi connectivity index (χ3v) is 6.56. The lowest BCUT2D eigenvalue weighted by Gasteiger charge is -2.42. The molecule has 1 aromatic rings. The number of halogens is 3. The Morgan fingerprint density at radius 1 is 1.29 bits per heavy atom. The minimum Gasteiger partial charge on any atom is -0.508 e. The topological polar surface area (TPSA) is 57.6 Å². The number of aromatic hydroxyl groups is 1. The first-order chi connectivity index (χ1) is 11.3. The average molecular weight is 431 g/mol. The van der Waals surface area contributed by atoms with Crippen LogP contribution in [-0.2, 0) is 9.59 Å². The molecule has 1 N–H and O–H groups in total. The molecule has 0 spiro atoms. The second kappa shape index (κ2) is 5.90. The van der Waals surface area contributed by atoms with Crippen LogP contribution in [0.25, 0.3) is 0 Å². The maximum absolute atomic E-state index is 13.0. The number of allylic oxidation sites excluding steroid dienone is 3. The molecule has 4 nitrogen and oxygen atoms in total. The molecule has 0 saturated carbocycles. The summed E-state index contributed by atoms with van der Waals surface area (Å²) in [4.78, 5) is 23.5. The number of alkyl halides is 3. The van der Waals surface area contributed by atoms with Crippen molar-refractivity contribution in [2.75, 3.05) is 5.45 Å². The molecule has 24 heavy (non-hydrogen) atoms. The van der Waals surface area contributed by atoms with E-state index in [1.54, 1.807) is 24.3 Å². The van der Waals surface area contributed by atoms with E-state index < -0.39 is 27.5 Å². The smallest absolute Gasteiger partial charge is 0.254 e. The van der Waals surface area contributed by atoms with Gasteiger partial charge in [-0.2, -0.15) is 0 Å². The van der Waals surface area contributed by atoms with E-state index in [9.17, 15) is 14.7 Å². The van der Waals surface area contributed by atoms with Crippen LogP contribution in [0.4, 0.5) is 0 Å². The summed E-state index contributed by atoms with van der Waals surface area (Å²) in [6.07, 6.45) is 3.55. The number of imide groups is 1. The van der Waals surface area contributed by atoms with Crippen molar-refractivity contribution in [3.05, 3.63) is 54.1 Å². The Morgan fingerprint density at radius 2 is 1.92 bits per heavy atom. The van der Waals surface area contributed by atoms with Gasteiger partial charge in [0.25, 0.3) is 11.8 Å². The summed E-state index contributed by atoms with van der Waals surface area (Å²) in [6.45, 7) is 3.79. The van der Waals surface area contributed by atoms with Gasteiger partial charge >= 0.3 is 0 Å². The summed E-state index contributed by atoms with van der Waals surface area (Å²) in [5, 5.41) is 9.53. The molecule has 0 unspecified atom stereocenters. The highest BCUT2D eigenvalue weighted by Gasteiger charge is 2.72.